The summed E-state index contributed by atoms with van der Waals surface area (Å²) in [5.41, 5.74) is 6.95. The molecule has 1 aromatic rings. The van der Waals surface area contributed by atoms with E-state index >= 15 is 0 Å². The molecule has 0 bridgehead atoms. The van der Waals surface area contributed by atoms with Crippen LogP contribution in [0.25, 0.3) is 0 Å². The summed E-state index contributed by atoms with van der Waals surface area (Å²) >= 11 is 0. The van der Waals surface area contributed by atoms with Gasteiger partial charge in [-0.15, -0.1) is 24.0 Å². The van der Waals surface area contributed by atoms with E-state index in [0.717, 1.165) is 30.9 Å². The van der Waals surface area contributed by atoms with E-state index < -0.39 is 0 Å². The van der Waals surface area contributed by atoms with Crippen LogP contribution in [0.15, 0.2) is 23.2 Å². The highest BCUT2D eigenvalue weighted by Crippen LogP contribution is 2.38. The van der Waals surface area contributed by atoms with Gasteiger partial charge in [-0.2, -0.15) is 0 Å². The van der Waals surface area contributed by atoms with Crippen molar-refractivity contribution >= 4 is 29.9 Å². The summed E-state index contributed by atoms with van der Waals surface area (Å²) in [5.74, 6) is 1.67. The van der Waals surface area contributed by atoms with E-state index in [0.29, 0.717) is 23.7 Å². The van der Waals surface area contributed by atoms with Crippen molar-refractivity contribution in [1.29, 1.82) is 0 Å². The van der Waals surface area contributed by atoms with Crippen LogP contribution in [0.2, 0.25) is 0 Å². The molecule has 3 rings (SSSR count). The number of nitrogens with two attached hydrogens (primary N) is 1. The summed E-state index contributed by atoms with van der Waals surface area (Å²) < 4.78 is 18.7. The predicted octanol–water partition coefficient (Wildman–Crippen LogP) is 3.40. The standard InChI is InChI=1S/C17H24FN3O.HI/c1-22-16-6-5-12(9-15(16)18)13-7-14(8-13)21-17(19)20-10-11-3-2-4-11;/h5-6,9,11,13-14H,2-4,7-8,10H2,1H3,(H3,19,20,21);1H. The lowest BCUT2D eigenvalue weighted by molar-refractivity contribution is 0.316. The zero-order valence-electron chi connectivity index (χ0n) is 13.4. The molecule has 0 unspecified atom stereocenters. The lowest BCUT2D eigenvalue weighted by Gasteiger charge is -2.36. The molecule has 1 aromatic carbocycles. The number of halogens is 2. The van der Waals surface area contributed by atoms with Gasteiger partial charge in [0.05, 0.1) is 7.11 Å². The summed E-state index contributed by atoms with van der Waals surface area (Å²) in [6.07, 6.45) is 5.82. The first-order valence-electron chi connectivity index (χ1n) is 8.05. The number of aliphatic imine (C=N–C) groups is 1. The van der Waals surface area contributed by atoms with Gasteiger partial charge in [0, 0.05) is 12.6 Å². The van der Waals surface area contributed by atoms with Crippen LogP contribution in [-0.2, 0) is 0 Å². The Hall–Kier alpha value is -1.05. The van der Waals surface area contributed by atoms with E-state index in [-0.39, 0.29) is 29.8 Å². The fraction of sp³-hybridized carbons (Fsp3) is 0.588. The van der Waals surface area contributed by atoms with Gasteiger partial charge in [-0.1, -0.05) is 12.5 Å². The third-order valence-electron chi connectivity index (χ3n) is 4.88. The van der Waals surface area contributed by atoms with Crippen LogP contribution in [0, 0.1) is 11.7 Å². The molecule has 4 nitrogen and oxygen atoms in total. The number of methoxy groups -OCH3 is 1. The fourth-order valence-electron chi connectivity index (χ4n) is 3.10. The topological polar surface area (TPSA) is 59.6 Å². The van der Waals surface area contributed by atoms with E-state index in [1.54, 1.807) is 12.1 Å². The molecule has 6 heteroatoms. The highest BCUT2D eigenvalue weighted by atomic mass is 127. The average Bonchev–Trinajstić information content (AvgIpc) is 2.40. The van der Waals surface area contributed by atoms with Gasteiger partial charge in [-0.25, -0.2) is 4.39 Å². The fourth-order valence-corrected chi connectivity index (χ4v) is 3.10. The first kappa shape index (κ1) is 18.3. The molecule has 0 amide bonds. The van der Waals surface area contributed by atoms with Crippen molar-refractivity contribution in [2.24, 2.45) is 16.6 Å². The Morgan fingerprint density at radius 3 is 2.70 bits per heavy atom. The molecule has 0 spiro atoms. The highest BCUT2D eigenvalue weighted by Gasteiger charge is 2.31. The number of nitrogens with zero attached hydrogens (tertiary/aromatic N) is 1. The van der Waals surface area contributed by atoms with Gasteiger partial charge < -0.3 is 15.8 Å². The van der Waals surface area contributed by atoms with E-state index in [4.69, 9.17) is 10.5 Å². The van der Waals surface area contributed by atoms with Gasteiger partial charge in [-0.05, 0) is 55.2 Å². The van der Waals surface area contributed by atoms with Gasteiger partial charge in [0.25, 0.3) is 0 Å². The summed E-state index contributed by atoms with van der Waals surface area (Å²) in [4.78, 5) is 4.41. The van der Waals surface area contributed by atoms with Crippen LogP contribution < -0.4 is 15.8 Å². The third-order valence-corrected chi connectivity index (χ3v) is 4.88. The molecule has 0 saturated heterocycles. The van der Waals surface area contributed by atoms with E-state index in [1.807, 2.05) is 6.07 Å². The molecule has 2 aliphatic rings. The largest absolute Gasteiger partial charge is 0.494 e. The predicted molar refractivity (Wildman–Crippen MR) is 101 cm³/mol. The molecule has 0 atom stereocenters. The minimum Gasteiger partial charge on any atom is -0.494 e. The van der Waals surface area contributed by atoms with Crippen LogP contribution in [0.5, 0.6) is 5.75 Å². The summed E-state index contributed by atoms with van der Waals surface area (Å²) in [5, 5.41) is 3.27. The Balaban J connectivity index is 0.00000192. The molecular weight excluding hydrogens is 408 g/mol. The van der Waals surface area contributed by atoms with Crippen LogP contribution >= 0.6 is 24.0 Å². The molecule has 2 saturated carbocycles. The van der Waals surface area contributed by atoms with Gasteiger partial charge >= 0.3 is 0 Å². The molecule has 0 heterocycles. The van der Waals surface area contributed by atoms with Crippen molar-refractivity contribution in [3.05, 3.63) is 29.6 Å². The van der Waals surface area contributed by atoms with Gasteiger partial charge in [-0.3, -0.25) is 4.99 Å². The molecule has 0 aliphatic heterocycles. The first-order valence-corrected chi connectivity index (χ1v) is 8.05. The zero-order valence-corrected chi connectivity index (χ0v) is 15.8. The number of hydrogen-bond acceptors (Lipinski definition) is 2. The molecule has 23 heavy (non-hydrogen) atoms. The van der Waals surface area contributed by atoms with Crippen LogP contribution in [-0.4, -0.2) is 25.7 Å². The van der Waals surface area contributed by atoms with Crippen molar-refractivity contribution in [3.63, 3.8) is 0 Å². The monoisotopic (exact) mass is 433 g/mol. The number of rotatable bonds is 5. The van der Waals surface area contributed by atoms with Crippen molar-refractivity contribution in [2.45, 2.75) is 44.1 Å². The smallest absolute Gasteiger partial charge is 0.188 e. The minimum absolute atomic E-state index is 0. The first-order chi connectivity index (χ1) is 10.7. The maximum Gasteiger partial charge on any atom is 0.188 e. The van der Waals surface area contributed by atoms with Crippen molar-refractivity contribution < 1.29 is 9.13 Å². The Kier molecular flexibility index (Phi) is 6.50. The molecule has 0 radical (unpaired) electrons. The average molecular weight is 433 g/mol. The second-order valence-corrected chi connectivity index (χ2v) is 6.43. The maximum absolute atomic E-state index is 13.7. The van der Waals surface area contributed by atoms with E-state index in [9.17, 15) is 4.39 Å². The van der Waals surface area contributed by atoms with Gasteiger partial charge in [0.2, 0.25) is 0 Å². The zero-order chi connectivity index (χ0) is 15.5. The Bertz CT molecular complexity index is 557. The third kappa shape index (κ3) is 4.49. The number of ether oxygens (including phenoxy) is 1. The van der Waals surface area contributed by atoms with E-state index in [1.165, 1.54) is 26.4 Å². The van der Waals surface area contributed by atoms with Crippen molar-refractivity contribution in [3.8, 4) is 5.75 Å². The summed E-state index contributed by atoms with van der Waals surface area (Å²) in [6, 6.07) is 5.56. The Morgan fingerprint density at radius 2 is 2.13 bits per heavy atom. The molecule has 3 N–H and O–H groups in total. The van der Waals surface area contributed by atoms with Crippen molar-refractivity contribution in [2.75, 3.05) is 13.7 Å². The molecule has 2 fully saturated rings. The number of benzene rings is 1. The second kappa shape index (κ2) is 8.17. The normalized spacial score (nSPS) is 24.2. The number of hydrogen-bond donors (Lipinski definition) is 2. The van der Waals surface area contributed by atoms with Crippen LogP contribution in [0.4, 0.5) is 4.39 Å². The quantitative estimate of drug-likeness (QED) is 0.425. The SMILES string of the molecule is COc1ccc(C2CC(NC(N)=NCC3CCC3)C2)cc1F.I. The number of nitrogens with one attached hydrogen (secondary N) is 1. The van der Waals surface area contributed by atoms with Gasteiger partial charge in [0.15, 0.2) is 17.5 Å². The minimum atomic E-state index is -0.294. The molecular formula is C17H25FIN3O. The van der Waals surface area contributed by atoms with Crippen molar-refractivity contribution in [1.82, 2.24) is 5.32 Å². The lowest BCUT2D eigenvalue weighted by atomic mass is 9.76. The second-order valence-electron chi connectivity index (χ2n) is 6.43. The summed E-state index contributed by atoms with van der Waals surface area (Å²) in [6.45, 7) is 0.846. The van der Waals surface area contributed by atoms with Gasteiger partial charge in [0.1, 0.15) is 0 Å². The molecule has 2 aliphatic carbocycles. The van der Waals surface area contributed by atoms with Crippen LogP contribution in [0.1, 0.15) is 43.6 Å². The Labute approximate surface area is 154 Å². The Morgan fingerprint density at radius 1 is 1.39 bits per heavy atom. The number of guanidine groups is 1. The lowest BCUT2D eigenvalue weighted by Crippen LogP contribution is -2.46. The molecule has 0 aromatic heterocycles. The van der Waals surface area contributed by atoms with Crippen LogP contribution in [0.3, 0.4) is 0 Å². The molecule has 128 valence electrons. The highest BCUT2D eigenvalue weighted by molar-refractivity contribution is 14.0. The maximum atomic E-state index is 13.7. The summed E-state index contributed by atoms with van der Waals surface area (Å²) in [7, 11) is 1.48. The van der Waals surface area contributed by atoms with E-state index in [2.05, 4.69) is 10.3 Å².